The third-order valence-corrected chi connectivity index (χ3v) is 1.83. The lowest BCUT2D eigenvalue weighted by atomic mass is 10.1. The summed E-state index contributed by atoms with van der Waals surface area (Å²) in [5.41, 5.74) is -2.41. The summed E-state index contributed by atoms with van der Waals surface area (Å²) in [7, 11) is 0.908. The third-order valence-electron chi connectivity index (χ3n) is 1.83. The molecular weight excluding hydrogens is 245 g/mol. The Morgan fingerprint density at radius 2 is 2.18 bits per heavy atom. The lowest BCUT2D eigenvalue weighted by molar-refractivity contribution is -0.391. The van der Waals surface area contributed by atoms with Gasteiger partial charge < -0.3 is 14.9 Å². The average Bonchev–Trinajstić information content (AvgIpc) is 2.26. The van der Waals surface area contributed by atoms with Crippen molar-refractivity contribution in [1.82, 2.24) is 4.98 Å². The van der Waals surface area contributed by atoms with E-state index in [1.165, 1.54) is 0 Å². The van der Waals surface area contributed by atoms with Gasteiger partial charge in [-0.05, 0) is 9.91 Å². The molecule has 17 heavy (non-hydrogen) atoms. The van der Waals surface area contributed by atoms with Crippen LogP contribution in [-0.4, -0.2) is 23.0 Å². The lowest BCUT2D eigenvalue weighted by Crippen LogP contribution is -2.11. The Balaban J connectivity index is 3.49. The van der Waals surface area contributed by atoms with E-state index < -0.39 is 40.1 Å². The minimum Gasteiger partial charge on any atom is -0.465 e. The summed E-state index contributed by atoms with van der Waals surface area (Å²) < 4.78 is 42.5. The number of nitrogens with zero attached hydrogens (tertiary/aromatic N) is 2. The summed E-state index contributed by atoms with van der Waals surface area (Å²) in [6.07, 6.45) is -2.99. The highest BCUT2D eigenvalue weighted by molar-refractivity contribution is 5.89. The number of halogens is 3. The van der Waals surface area contributed by atoms with Gasteiger partial charge >= 0.3 is 11.8 Å². The van der Waals surface area contributed by atoms with Crippen molar-refractivity contribution in [2.75, 3.05) is 7.11 Å². The van der Waals surface area contributed by atoms with Gasteiger partial charge in [-0.3, -0.25) is 0 Å². The molecule has 1 aromatic rings. The molecule has 0 unspecified atom stereocenters. The van der Waals surface area contributed by atoms with E-state index in [-0.39, 0.29) is 0 Å². The molecule has 0 spiro atoms. The molecule has 92 valence electrons. The molecule has 0 radical (unpaired) electrons. The molecule has 0 aromatic carbocycles. The standard InChI is InChI=1S/C8H5F3N2O4/c1-17-8(14)3-2-12-7(13(15)16)4(5(3)9)6(10)11/h2,6H,1H3. The number of pyridine rings is 1. The predicted octanol–water partition coefficient (Wildman–Crippen LogP) is 1.85. The number of methoxy groups -OCH3 is 1. The van der Waals surface area contributed by atoms with Crippen molar-refractivity contribution in [3.05, 3.63) is 33.3 Å². The fraction of sp³-hybridized carbons (Fsp3) is 0.250. The maximum atomic E-state index is 13.5. The zero-order valence-corrected chi connectivity index (χ0v) is 8.32. The van der Waals surface area contributed by atoms with Crippen LogP contribution in [-0.2, 0) is 4.74 Å². The number of ether oxygens (including phenoxy) is 1. The second-order valence-corrected chi connectivity index (χ2v) is 2.77. The van der Waals surface area contributed by atoms with E-state index in [0.717, 1.165) is 7.11 Å². The van der Waals surface area contributed by atoms with E-state index in [0.29, 0.717) is 6.20 Å². The quantitative estimate of drug-likeness (QED) is 0.464. The van der Waals surface area contributed by atoms with Crippen molar-refractivity contribution in [2.45, 2.75) is 6.43 Å². The molecule has 1 heterocycles. The first-order valence-electron chi connectivity index (χ1n) is 4.09. The molecule has 0 bridgehead atoms. The van der Waals surface area contributed by atoms with Gasteiger partial charge in [-0.15, -0.1) is 0 Å². The van der Waals surface area contributed by atoms with Crippen LogP contribution < -0.4 is 0 Å². The zero-order valence-electron chi connectivity index (χ0n) is 8.32. The number of alkyl halides is 2. The molecule has 0 atom stereocenters. The van der Waals surface area contributed by atoms with Crippen molar-refractivity contribution >= 4 is 11.8 Å². The molecule has 0 saturated carbocycles. The Hall–Kier alpha value is -2.19. The summed E-state index contributed by atoms with van der Waals surface area (Å²) in [5, 5.41) is 10.4. The predicted molar refractivity (Wildman–Crippen MR) is 47.1 cm³/mol. The van der Waals surface area contributed by atoms with Crippen LogP contribution in [0.4, 0.5) is 19.0 Å². The van der Waals surface area contributed by atoms with Crippen molar-refractivity contribution in [3.8, 4) is 0 Å². The summed E-state index contributed by atoms with van der Waals surface area (Å²) >= 11 is 0. The number of carbonyl (C=O) groups is 1. The van der Waals surface area contributed by atoms with Gasteiger partial charge in [-0.2, -0.15) is 0 Å². The van der Waals surface area contributed by atoms with Crippen molar-refractivity contribution in [3.63, 3.8) is 0 Å². The topological polar surface area (TPSA) is 82.3 Å². The summed E-state index contributed by atoms with van der Waals surface area (Å²) in [5.74, 6) is -4.27. The Morgan fingerprint density at radius 1 is 1.59 bits per heavy atom. The number of esters is 1. The molecule has 1 aromatic heterocycles. The monoisotopic (exact) mass is 250 g/mol. The highest BCUT2D eigenvalue weighted by Crippen LogP contribution is 2.31. The van der Waals surface area contributed by atoms with E-state index in [1.807, 2.05) is 0 Å². The molecule has 0 aliphatic heterocycles. The Bertz CT molecular complexity index is 478. The molecule has 9 heteroatoms. The maximum absolute atomic E-state index is 13.5. The van der Waals surface area contributed by atoms with Crippen molar-refractivity contribution < 1.29 is 27.6 Å². The van der Waals surface area contributed by atoms with Crippen LogP contribution >= 0.6 is 0 Å². The van der Waals surface area contributed by atoms with E-state index in [1.54, 1.807) is 0 Å². The molecule has 6 nitrogen and oxygen atoms in total. The van der Waals surface area contributed by atoms with Crippen LogP contribution in [0, 0.1) is 15.9 Å². The normalized spacial score (nSPS) is 10.4. The van der Waals surface area contributed by atoms with Gasteiger partial charge in [0.2, 0.25) is 0 Å². The number of hydrogen-bond acceptors (Lipinski definition) is 5. The second kappa shape index (κ2) is 4.76. The molecule has 0 saturated heterocycles. The minimum absolute atomic E-state index is 0.477. The molecule has 1 rings (SSSR count). The number of carbonyl (C=O) groups excluding carboxylic acids is 1. The van der Waals surface area contributed by atoms with Crippen LogP contribution in [0.5, 0.6) is 0 Å². The number of aromatic nitrogens is 1. The number of hydrogen-bond donors (Lipinski definition) is 0. The molecule has 0 aliphatic carbocycles. The molecule has 0 amide bonds. The number of rotatable bonds is 3. The molecule has 0 fully saturated rings. The van der Waals surface area contributed by atoms with Gasteiger partial charge in [0.15, 0.2) is 17.6 Å². The van der Waals surface area contributed by atoms with Crippen molar-refractivity contribution in [1.29, 1.82) is 0 Å². The maximum Gasteiger partial charge on any atom is 0.375 e. The average molecular weight is 250 g/mol. The van der Waals surface area contributed by atoms with Gasteiger partial charge in [0, 0.05) is 0 Å². The van der Waals surface area contributed by atoms with Gasteiger partial charge in [0.25, 0.3) is 6.43 Å². The van der Waals surface area contributed by atoms with Crippen LogP contribution in [0.15, 0.2) is 6.20 Å². The van der Waals surface area contributed by atoms with Crippen LogP contribution in [0.1, 0.15) is 22.3 Å². The van der Waals surface area contributed by atoms with E-state index in [9.17, 15) is 28.1 Å². The van der Waals surface area contributed by atoms with Gasteiger partial charge in [0.05, 0.1) is 7.11 Å². The summed E-state index contributed by atoms with van der Waals surface area (Å²) in [6.45, 7) is 0. The van der Waals surface area contributed by atoms with E-state index in [2.05, 4.69) is 9.72 Å². The molecule has 0 N–H and O–H groups in total. The lowest BCUT2D eigenvalue weighted by Gasteiger charge is -2.05. The van der Waals surface area contributed by atoms with E-state index in [4.69, 9.17) is 0 Å². The summed E-state index contributed by atoms with van der Waals surface area (Å²) in [6, 6.07) is 0. The number of nitro groups is 1. The first kappa shape index (κ1) is 12.9. The van der Waals surface area contributed by atoms with Gasteiger partial charge in [-0.25, -0.2) is 18.0 Å². The smallest absolute Gasteiger partial charge is 0.375 e. The van der Waals surface area contributed by atoms with Crippen LogP contribution in [0.25, 0.3) is 0 Å². The Labute approximate surface area is 92.2 Å². The first-order valence-corrected chi connectivity index (χ1v) is 4.09. The van der Waals surface area contributed by atoms with Crippen LogP contribution in [0.3, 0.4) is 0 Å². The molecular formula is C8H5F3N2O4. The zero-order chi connectivity index (χ0) is 13.2. The van der Waals surface area contributed by atoms with Crippen molar-refractivity contribution in [2.24, 2.45) is 0 Å². The fourth-order valence-corrected chi connectivity index (χ4v) is 1.09. The largest absolute Gasteiger partial charge is 0.465 e. The molecule has 0 aliphatic rings. The third kappa shape index (κ3) is 2.32. The Kier molecular flexibility index (Phi) is 3.61. The highest BCUT2D eigenvalue weighted by Gasteiger charge is 2.32. The summed E-state index contributed by atoms with van der Waals surface area (Å²) in [4.78, 5) is 23.1. The van der Waals surface area contributed by atoms with Gasteiger partial charge in [0.1, 0.15) is 5.56 Å². The van der Waals surface area contributed by atoms with E-state index >= 15 is 0 Å². The Morgan fingerprint density at radius 3 is 2.59 bits per heavy atom. The fourth-order valence-electron chi connectivity index (χ4n) is 1.09. The van der Waals surface area contributed by atoms with Gasteiger partial charge in [-0.1, -0.05) is 0 Å². The minimum atomic E-state index is -3.47. The highest BCUT2D eigenvalue weighted by atomic mass is 19.3. The first-order chi connectivity index (χ1) is 7.90. The second-order valence-electron chi connectivity index (χ2n) is 2.77. The van der Waals surface area contributed by atoms with Crippen LogP contribution in [0.2, 0.25) is 0 Å². The SMILES string of the molecule is COC(=O)c1cnc([N+](=O)[O-])c(C(F)F)c1F.